The molecular formula is C66H70Cl2N18O6. The van der Waals surface area contributed by atoms with Crippen LogP contribution in [0.1, 0.15) is 99.6 Å². The molecule has 0 aliphatic carbocycles. The predicted molar refractivity (Wildman–Crippen MR) is 354 cm³/mol. The van der Waals surface area contributed by atoms with Crippen LogP contribution in [-0.4, -0.2) is 139 Å². The van der Waals surface area contributed by atoms with E-state index in [4.69, 9.17) is 53.3 Å². The molecule has 4 N–H and O–H groups in total. The molecule has 6 amide bonds. The number of piperidine rings is 4. The van der Waals surface area contributed by atoms with Gasteiger partial charge in [-0.15, -0.1) is 0 Å². The number of hydrogen-bond donors (Lipinski definition) is 4. The molecule has 3 unspecified atom stereocenters. The van der Waals surface area contributed by atoms with Crippen LogP contribution in [0, 0.1) is 0 Å². The topological polar surface area (TPSA) is 257 Å². The van der Waals surface area contributed by atoms with Crippen LogP contribution in [0.25, 0.3) is 21.8 Å². The first-order valence-electron chi connectivity index (χ1n) is 31.2. The van der Waals surface area contributed by atoms with E-state index in [1.165, 1.54) is 0 Å². The Bertz CT molecular complexity index is 4380. The highest BCUT2D eigenvalue weighted by atomic mass is 35.5. The fourth-order valence-corrected chi connectivity index (χ4v) is 15.0. The third-order valence-electron chi connectivity index (χ3n) is 19.7. The van der Waals surface area contributed by atoms with E-state index >= 15 is 0 Å². The minimum Gasteiger partial charge on any atom is -0.371 e. The Morgan fingerprint density at radius 1 is 0.620 bits per heavy atom. The number of amides is 6. The number of benzene rings is 4. The SMILES string of the molecule is C[C@@H]1C[C@H](N(C)c2ccc3c(C4CCC(=O)NC4=O)nn(C)c3c2)CC(CN(c2ncc(Cl)c(Nc3ccc4c(c3)CC(=O)N4C)n2)[C@H]2CCN(c3ccc4c(C5CCC(=O)NC5=O)nn(C)c4c3)[C@@H](C)C2)N1c1ncc(Cl)c(Nc2ccc3c(c2)CC(=O)N3C)n1. The van der Waals surface area contributed by atoms with Gasteiger partial charge in [-0.05, 0) is 136 Å². The maximum atomic E-state index is 13.2. The third kappa shape index (κ3) is 11.0. The van der Waals surface area contributed by atoms with Crippen molar-refractivity contribution in [1.29, 1.82) is 0 Å². The van der Waals surface area contributed by atoms with E-state index in [9.17, 15) is 28.8 Å². The molecule has 4 fully saturated rings. The zero-order valence-electron chi connectivity index (χ0n) is 52.1. The van der Waals surface area contributed by atoms with Crippen molar-refractivity contribution in [1.82, 2.24) is 50.1 Å². The molecule has 474 valence electrons. The normalized spacial score (nSPS) is 22.5. The molecule has 92 heavy (non-hydrogen) atoms. The molecule has 0 saturated carbocycles. The van der Waals surface area contributed by atoms with Gasteiger partial charge in [0.25, 0.3) is 0 Å². The van der Waals surface area contributed by atoms with E-state index in [0.29, 0.717) is 103 Å². The average Bonchev–Trinajstić information content (AvgIpc) is 1.39. The zero-order valence-corrected chi connectivity index (χ0v) is 53.6. The number of nitrogens with one attached hydrogen (secondary N) is 4. The highest BCUT2D eigenvalue weighted by molar-refractivity contribution is 6.33. The number of fused-ring (bicyclic) bond motifs is 4. The van der Waals surface area contributed by atoms with Gasteiger partial charge in [-0.1, -0.05) is 23.2 Å². The molecule has 0 radical (unpaired) electrons. The van der Waals surface area contributed by atoms with E-state index in [0.717, 1.165) is 67.1 Å². The largest absolute Gasteiger partial charge is 0.371 e. The second-order valence-electron chi connectivity index (χ2n) is 25.4. The predicted octanol–water partition coefficient (Wildman–Crippen LogP) is 8.34. The van der Waals surface area contributed by atoms with Gasteiger partial charge in [-0.25, -0.2) is 9.97 Å². The van der Waals surface area contributed by atoms with Crippen LogP contribution >= 0.6 is 23.2 Å². The van der Waals surface area contributed by atoms with Gasteiger partial charge in [-0.2, -0.15) is 20.2 Å². The van der Waals surface area contributed by atoms with Gasteiger partial charge in [0.05, 0.1) is 65.5 Å². The lowest BCUT2D eigenvalue weighted by Gasteiger charge is -2.50. The fraction of sp³-hybridized carbons (Fsp3) is 0.394. The molecule has 6 aliphatic heterocycles. The number of imide groups is 2. The lowest BCUT2D eigenvalue weighted by Crippen LogP contribution is -2.60. The number of carbonyl (C=O) groups is 6. The van der Waals surface area contributed by atoms with E-state index in [1.54, 1.807) is 36.3 Å². The summed E-state index contributed by atoms with van der Waals surface area (Å²) in [6.07, 6.45) is 7.90. The van der Waals surface area contributed by atoms with Gasteiger partial charge in [0.1, 0.15) is 10.0 Å². The van der Waals surface area contributed by atoms with Gasteiger partial charge in [0, 0.05) is 130 Å². The molecule has 0 spiro atoms. The summed E-state index contributed by atoms with van der Waals surface area (Å²) < 4.78 is 3.63. The number of nitrogens with zero attached hydrogens (tertiary/aromatic N) is 14. The van der Waals surface area contributed by atoms with Crippen LogP contribution in [0.3, 0.4) is 0 Å². The first-order chi connectivity index (χ1) is 44.2. The molecule has 0 bridgehead atoms. The molecular weight excluding hydrogens is 1210 g/mol. The number of carbonyl (C=O) groups excluding carboxylic acids is 6. The van der Waals surface area contributed by atoms with E-state index in [1.807, 2.05) is 72.0 Å². The number of aromatic nitrogens is 8. The summed E-state index contributed by atoms with van der Waals surface area (Å²) in [4.78, 5) is 109. The third-order valence-corrected chi connectivity index (χ3v) is 20.2. The Morgan fingerprint density at radius 2 is 1.17 bits per heavy atom. The second-order valence-corrected chi connectivity index (χ2v) is 26.2. The molecule has 26 heteroatoms. The maximum Gasteiger partial charge on any atom is 0.235 e. The molecule has 14 rings (SSSR count). The summed E-state index contributed by atoms with van der Waals surface area (Å²) in [7, 11) is 9.44. The van der Waals surface area contributed by atoms with E-state index in [2.05, 4.69) is 86.0 Å². The van der Waals surface area contributed by atoms with Crippen molar-refractivity contribution >= 4 is 138 Å². The lowest BCUT2D eigenvalue weighted by molar-refractivity contribution is -0.135. The Balaban J connectivity index is 0.823. The number of hydrogen-bond acceptors (Lipinski definition) is 18. The van der Waals surface area contributed by atoms with Crippen molar-refractivity contribution in [3.63, 3.8) is 0 Å². The van der Waals surface area contributed by atoms with Gasteiger partial charge in [0.2, 0.25) is 47.3 Å². The molecule has 7 atom stereocenters. The summed E-state index contributed by atoms with van der Waals surface area (Å²) in [6, 6.07) is 23.6. The van der Waals surface area contributed by atoms with Crippen LogP contribution in [0.15, 0.2) is 85.2 Å². The van der Waals surface area contributed by atoms with Crippen molar-refractivity contribution in [2.75, 3.05) is 74.3 Å². The van der Waals surface area contributed by atoms with Crippen LogP contribution in [-0.2, 0) is 55.7 Å². The maximum absolute atomic E-state index is 13.2. The Kier molecular flexibility index (Phi) is 15.5. The zero-order chi connectivity index (χ0) is 64.1. The first kappa shape index (κ1) is 60.2. The fourth-order valence-electron chi connectivity index (χ4n) is 14.8. The Hall–Kier alpha value is -9.42. The summed E-state index contributed by atoms with van der Waals surface area (Å²) in [6.45, 7) is 5.52. The molecule has 4 aromatic heterocycles. The lowest BCUT2D eigenvalue weighted by atomic mass is 9.89. The molecule has 8 aromatic rings. The van der Waals surface area contributed by atoms with Crippen molar-refractivity contribution in [3.8, 4) is 0 Å². The van der Waals surface area contributed by atoms with Crippen molar-refractivity contribution in [2.45, 2.75) is 120 Å². The molecule has 10 heterocycles. The van der Waals surface area contributed by atoms with Crippen LogP contribution in [0.5, 0.6) is 0 Å². The van der Waals surface area contributed by atoms with E-state index in [-0.39, 0.29) is 84.9 Å². The quantitative estimate of drug-likeness (QED) is 0.0746. The van der Waals surface area contributed by atoms with Gasteiger partial charge in [0.15, 0.2) is 11.6 Å². The number of anilines is 10. The van der Waals surface area contributed by atoms with Crippen molar-refractivity contribution in [2.24, 2.45) is 14.1 Å². The first-order valence-corrected chi connectivity index (χ1v) is 32.0. The summed E-state index contributed by atoms with van der Waals surface area (Å²) in [5, 5.41) is 24.0. The molecule has 24 nitrogen and oxygen atoms in total. The molecule has 6 aliphatic rings. The van der Waals surface area contributed by atoms with Gasteiger partial charge >= 0.3 is 0 Å². The summed E-state index contributed by atoms with van der Waals surface area (Å²) in [5.74, 6) is -0.481. The van der Waals surface area contributed by atoms with Gasteiger partial charge in [-0.3, -0.25) is 48.8 Å². The molecule has 4 aromatic carbocycles. The van der Waals surface area contributed by atoms with Crippen LogP contribution in [0.4, 0.5) is 57.7 Å². The minimum absolute atomic E-state index is 0.0114. The minimum atomic E-state index is -0.543. The van der Waals surface area contributed by atoms with Gasteiger partial charge < -0.3 is 40.0 Å². The Morgan fingerprint density at radius 3 is 1.76 bits per heavy atom. The Labute approximate surface area is 540 Å². The number of likely N-dealkylation sites (N-methyl/N-ethyl adjacent to an activating group) is 2. The smallest absolute Gasteiger partial charge is 0.235 e. The summed E-state index contributed by atoms with van der Waals surface area (Å²) in [5.41, 5.74) is 10.0. The average molecular weight is 1280 g/mol. The highest BCUT2D eigenvalue weighted by Gasteiger charge is 2.42. The molecule has 4 saturated heterocycles. The van der Waals surface area contributed by atoms with Crippen LogP contribution < -0.4 is 50.7 Å². The standard InChI is InChI=1S/C66H70Cl2N18O6/c1-34-22-42(20-21-84(34)41-11-13-46-54(30-41)83(7)78-60(46)48-15-19-56(88)74-64(48)92)85(65-69-31-49(67)61(75-65)71-38-8-16-51-36(24-38)26-57(89)80(51)4)33-44-28-43(79(3)40-10-12-45-53(29-40)82(6)77-59(45)47-14-18-55(87)73-63(47)91)23-35(2)86(44)66-70-32-50(68)62(76-66)72-39-9-17-52-37(25-39)27-58(90)81(52)5/h8-13,16-17,24-25,29-32,34-35,42-44,47-48H,14-15,18-23,26-28,33H2,1-7H3,(H,69,71,75)(H,70,72,76)(H,73,87,91)(H,74,88,92)/t34-,35+,42-,43-,44?,47?,48?/m0/s1. The monoisotopic (exact) mass is 1280 g/mol. The second kappa shape index (κ2) is 23.7. The number of halogens is 2. The van der Waals surface area contributed by atoms with Crippen molar-refractivity contribution in [3.05, 3.63) is 118 Å². The highest BCUT2D eigenvalue weighted by Crippen LogP contribution is 2.42. The van der Waals surface area contributed by atoms with E-state index < -0.39 is 11.8 Å². The number of rotatable bonds is 14. The van der Waals surface area contributed by atoms with Crippen LogP contribution in [0.2, 0.25) is 10.0 Å². The number of aryl methyl sites for hydroxylation is 2. The summed E-state index contributed by atoms with van der Waals surface area (Å²) >= 11 is 14.1. The van der Waals surface area contributed by atoms with Crippen molar-refractivity contribution < 1.29 is 28.8 Å².